The number of rotatable bonds is 5. The molecule has 2 aromatic rings. The molecule has 4 heteroatoms. The molecule has 0 spiro atoms. The van der Waals surface area contributed by atoms with Crippen molar-refractivity contribution < 1.29 is 9.47 Å². The Labute approximate surface area is 124 Å². The van der Waals surface area contributed by atoms with Gasteiger partial charge in [0.1, 0.15) is 17.2 Å². The Morgan fingerprint density at radius 2 is 1.70 bits per heavy atom. The Bertz CT molecular complexity index is 567. The zero-order valence-corrected chi connectivity index (χ0v) is 12.7. The van der Waals surface area contributed by atoms with Gasteiger partial charge in [-0.3, -0.25) is 0 Å². The van der Waals surface area contributed by atoms with Gasteiger partial charge in [-0.1, -0.05) is 6.07 Å². The molecule has 3 nitrogen and oxygen atoms in total. The molecule has 0 bridgehead atoms. The molecule has 0 aliphatic heterocycles. The number of methoxy groups -OCH3 is 1. The monoisotopic (exact) mass is 289 g/mol. The lowest BCUT2D eigenvalue weighted by Crippen LogP contribution is -2.08. The fourth-order valence-corrected chi connectivity index (χ4v) is 2.42. The first kappa shape index (κ1) is 14.8. The van der Waals surface area contributed by atoms with Crippen molar-refractivity contribution in [1.29, 1.82) is 0 Å². The summed E-state index contributed by atoms with van der Waals surface area (Å²) in [5.74, 6) is 2.27. The molecule has 0 saturated carbocycles. The summed E-state index contributed by atoms with van der Waals surface area (Å²) in [4.78, 5) is 1.20. The van der Waals surface area contributed by atoms with E-state index in [4.69, 9.17) is 15.2 Å². The Hall–Kier alpha value is -1.65. The Morgan fingerprint density at radius 1 is 1.05 bits per heavy atom. The summed E-state index contributed by atoms with van der Waals surface area (Å²) >= 11 is 1.70. The quantitative estimate of drug-likeness (QED) is 0.837. The largest absolute Gasteiger partial charge is 0.496 e. The van der Waals surface area contributed by atoms with Crippen LogP contribution in [0.5, 0.6) is 17.2 Å². The standard InChI is InChI=1S/C16H19NO2S/c1-11(17)16-14(18-2)5-4-6-15(16)19-12-7-9-13(20-3)10-8-12/h4-11H,17H2,1-3H3/t11-/m1/s1. The molecule has 0 aliphatic rings. The van der Waals surface area contributed by atoms with Crippen LogP contribution in [0.3, 0.4) is 0 Å². The summed E-state index contributed by atoms with van der Waals surface area (Å²) in [5, 5.41) is 0. The van der Waals surface area contributed by atoms with E-state index in [1.54, 1.807) is 18.9 Å². The van der Waals surface area contributed by atoms with E-state index in [-0.39, 0.29) is 6.04 Å². The zero-order chi connectivity index (χ0) is 14.5. The van der Waals surface area contributed by atoms with E-state index >= 15 is 0 Å². The number of benzene rings is 2. The van der Waals surface area contributed by atoms with Crippen LogP contribution in [-0.2, 0) is 0 Å². The highest BCUT2D eigenvalue weighted by Gasteiger charge is 2.14. The number of thioether (sulfide) groups is 1. The SMILES string of the molecule is COc1cccc(Oc2ccc(SC)cc2)c1[C@@H](C)N. The number of nitrogens with two attached hydrogens (primary N) is 1. The maximum atomic E-state index is 6.03. The van der Waals surface area contributed by atoms with Crippen molar-refractivity contribution in [2.45, 2.75) is 17.9 Å². The van der Waals surface area contributed by atoms with Crippen molar-refractivity contribution in [1.82, 2.24) is 0 Å². The number of hydrogen-bond acceptors (Lipinski definition) is 4. The van der Waals surface area contributed by atoms with Gasteiger partial charge < -0.3 is 15.2 Å². The Morgan fingerprint density at radius 3 is 2.25 bits per heavy atom. The third kappa shape index (κ3) is 3.26. The van der Waals surface area contributed by atoms with Crippen LogP contribution in [0, 0.1) is 0 Å². The fraction of sp³-hybridized carbons (Fsp3) is 0.250. The topological polar surface area (TPSA) is 44.5 Å². The van der Waals surface area contributed by atoms with Crippen LogP contribution in [0.2, 0.25) is 0 Å². The molecule has 2 aromatic carbocycles. The summed E-state index contributed by atoms with van der Waals surface area (Å²) in [5.41, 5.74) is 6.91. The van der Waals surface area contributed by atoms with Crippen molar-refractivity contribution in [2.75, 3.05) is 13.4 Å². The third-order valence-electron chi connectivity index (χ3n) is 2.99. The van der Waals surface area contributed by atoms with Crippen molar-refractivity contribution in [2.24, 2.45) is 5.73 Å². The second-order valence-electron chi connectivity index (χ2n) is 4.44. The third-order valence-corrected chi connectivity index (χ3v) is 3.73. The molecule has 0 saturated heterocycles. The van der Waals surface area contributed by atoms with Crippen LogP contribution < -0.4 is 15.2 Å². The van der Waals surface area contributed by atoms with Crippen LogP contribution in [0.4, 0.5) is 0 Å². The first-order valence-corrected chi connectivity index (χ1v) is 7.62. The van der Waals surface area contributed by atoms with Crippen LogP contribution in [0.25, 0.3) is 0 Å². The van der Waals surface area contributed by atoms with Crippen molar-refractivity contribution >= 4 is 11.8 Å². The molecular formula is C16H19NO2S. The molecule has 0 unspecified atom stereocenters. The molecule has 20 heavy (non-hydrogen) atoms. The van der Waals surface area contributed by atoms with Gasteiger partial charge in [-0.15, -0.1) is 11.8 Å². The molecule has 0 heterocycles. The van der Waals surface area contributed by atoms with Gasteiger partial charge in [0.05, 0.1) is 12.7 Å². The predicted molar refractivity (Wildman–Crippen MR) is 83.9 cm³/mol. The lowest BCUT2D eigenvalue weighted by atomic mass is 10.1. The van der Waals surface area contributed by atoms with Crippen molar-refractivity contribution in [3.05, 3.63) is 48.0 Å². The predicted octanol–water partition coefficient (Wildman–Crippen LogP) is 4.23. The maximum absolute atomic E-state index is 6.03. The highest BCUT2D eigenvalue weighted by atomic mass is 32.2. The smallest absolute Gasteiger partial charge is 0.135 e. The van der Waals surface area contributed by atoms with Gasteiger partial charge in [0.15, 0.2) is 0 Å². The van der Waals surface area contributed by atoms with E-state index in [1.165, 1.54) is 4.90 Å². The van der Waals surface area contributed by atoms with E-state index in [0.29, 0.717) is 0 Å². The van der Waals surface area contributed by atoms with Gasteiger partial charge in [0.2, 0.25) is 0 Å². The highest BCUT2D eigenvalue weighted by Crippen LogP contribution is 2.35. The fourth-order valence-electron chi connectivity index (χ4n) is 2.01. The molecule has 106 valence electrons. The average Bonchev–Trinajstić information content (AvgIpc) is 2.47. The van der Waals surface area contributed by atoms with Crippen LogP contribution in [0.1, 0.15) is 18.5 Å². The summed E-state index contributed by atoms with van der Waals surface area (Å²) in [6.45, 7) is 1.92. The molecule has 2 N–H and O–H groups in total. The maximum Gasteiger partial charge on any atom is 0.135 e. The molecule has 0 aromatic heterocycles. The van der Waals surface area contributed by atoms with E-state index in [9.17, 15) is 0 Å². The van der Waals surface area contributed by atoms with Crippen molar-refractivity contribution in [3.63, 3.8) is 0 Å². The minimum atomic E-state index is -0.161. The van der Waals surface area contributed by atoms with Gasteiger partial charge in [0, 0.05) is 10.9 Å². The first-order chi connectivity index (χ1) is 9.65. The van der Waals surface area contributed by atoms with E-state index in [2.05, 4.69) is 0 Å². The molecule has 1 atom stereocenters. The minimum Gasteiger partial charge on any atom is -0.496 e. The molecule has 0 amide bonds. The summed E-state index contributed by atoms with van der Waals surface area (Å²) in [6.07, 6.45) is 2.05. The molecule has 0 aliphatic carbocycles. The lowest BCUT2D eigenvalue weighted by molar-refractivity contribution is 0.397. The van der Waals surface area contributed by atoms with Gasteiger partial charge in [-0.2, -0.15) is 0 Å². The summed E-state index contributed by atoms with van der Waals surface area (Å²) < 4.78 is 11.3. The molecule has 0 radical (unpaired) electrons. The van der Waals surface area contributed by atoms with E-state index in [1.807, 2.05) is 55.6 Å². The number of ether oxygens (including phenoxy) is 2. The summed E-state index contributed by atoms with van der Waals surface area (Å²) in [7, 11) is 1.64. The van der Waals surface area contributed by atoms with Gasteiger partial charge >= 0.3 is 0 Å². The highest BCUT2D eigenvalue weighted by molar-refractivity contribution is 7.98. The molecule has 2 rings (SSSR count). The summed E-state index contributed by atoms with van der Waals surface area (Å²) in [6, 6.07) is 13.5. The minimum absolute atomic E-state index is 0.161. The number of hydrogen-bond donors (Lipinski definition) is 1. The molecular weight excluding hydrogens is 270 g/mol. The van der Waals surface area contributed by atoms with E-state index < -0.39 is 0 Å². The van der Waals surface area contributed by atoms with Gasteiger partial charge in [-0.05, 0) is 49.6 Å². The Balaban J connectivity index is 2.32. The van der Waals surface area contributed by atoms with E-state index in [0.717, 1.165) is 22.8 Å². The van der Waals surface area contributed by atoms with Gasteiger partial charge in [-0.25, -0.2) is 0 Å². The van der Waals surface area contributed by atoms with Crippen LogP contribution >= 0.6 is 11.8 Å². The molecule has 0 fully saturated rings. The van der Waals surface area contributed by atoms with Crippen LogP contribution in [-0.4, -0.2) is 13.4 Å². The second-order valence-corrected chi connectivity index (χ2v) is 5.32. The van der Waals surface area contributed by atoms with Gasteiger partial charge in [0.25, 0.3) is 0 Å². The zero-order valence-electron chi connectivity index (χ0n) is 11.9. The normalized spacial score (nSPS) is 12.0. The average molecular weight is 289 g/mol. The second kappa shape index (κ2) is 6.68. The Kier molecular flexibility index (Phi) is 4.93. The first-order valence-electron chi connectivity index (χ1n) is 6.40. The van der Waals surface area contributed by atoms with Crippen LogP contribution in [0.15, 0.2) is 47.4 Å². The van der Waals surface area contributed by atoms with Crippen molar-refractivity contribution in [3.8, 4) is 17.2 Å². The lowest BCUT2D eigenvalue weighted by Gasteiger charge is -2.17.